The second-order valence-electron chi connectivity index (χ2n) is 8.52. The van der Waals surface area contributed by atoms with E-state index >= 15 is 0 Å². The number of ether oxygens (including phenoxy) is 1. The Hall–Kier alpha value is -4.51. The predicted octanol–water partition coefficient (Wildman–Crippen LogP) is 4.84. The number of nitrogens with one attached hydrogen (secondary N) is 3. The Morgan fingerprint density at radius 2 is 1.79 bits per heavy atom. The van der Waals surface area contributed by atoms with E-state index < -0.39 is 30.2 Å². The highest BCUT2D eigenvalue weighted by atomic mass is 35.5. The molecule has 3 aromatic rings. The molecule has 1 aliphatic rings. The third-order valence-corrected chi connectivity index (χ3v) is 5.73. The van der Waals surface area contributed by atoms with E-state index in [0.717, 1.165) is 13.1 Å². The molecule has 0 atom stereocenters. The largest absolute Gasteiger partial charge is 0.482 e. The first-order valence-electron chi connectivity index (χ1n) is 11.9. The Kier molecular flexibility index (Phi) is 10.3. The molecule has 2 amide bonds. The maximum atomic E-state index is 14.2. The Morgan fingerprint density at radius 3 is 2.38 bits per heavy atom. The number of carboxylic acid groups (broad SMARTS) is 1. The van der Waals surface area contributed by atoms with Crippen molar-refractivity contribution in [3.8, 4) is 5.75 Å². The van der Waals surface area contributed by atoms with Gasteiger partial charge >= 0.3 is 5.97 Å². The van der Waals surface area contributed by atoms with Gasteiger partial charge < -0.3 is 25.4 Å². The number of nitrogens with zero attached hydrogens (tertiary/aromatic N) is 2. The molecule has 39 heavy (non-hydrogen) atoms. The van der Waals surface area contributed by atoms with Crippen LogP contribution >= 0.6 is 11.6 Å². The molecule has 2 heterocycles. The molecule has 4 rings (SSSR count). The van der Waals surface area contributed by atoms with Gasteiger partial charge in [0, 0.05) is 19.3 Å². The fourth-order valence-corrected chi connectivity index (χ4v) is 3.66. The molecule has 4 N–H and O–H groups in total. The summed E-state index contributed by atoms with van der Waals surface area (Å²) in [4.78, 5) is 42.2. The number of aromatic nitrogens is 1. The number of rotatable bonds is 8. The molecule has 1 saturated heterocycles. The van der Waals surface area contributed by atoms with Gasteiger partial charge in [-0.25, -0.2) is 14.2 Å². The van der Waals surface area contributed by atoms with E-state index in [1.807, 2.05) is 4.90 Å². The topological polar surface area (TPSA) is 145 Å². The number of pyridine rings is 1. The number of likely N-dealkylation sites (tertiary alicyclic amines) is 1. The average Bonchev–Trinajstić information content (AvgIpc) is 3.44. The van der Waals surface area contributed by atoms with Crippen LogP contribution in [0.2, 0.25) is 5.02 Å². The molecule has 10 nitrogen and oxygen atoms in total. The number of carboxylic acids is 1. The third-order valence-electron chi connectivity index (χ3n) is 5.51. The van der Waals surface area contributed by atoms with Crippen LogP contribution in [-0.2, 0) is 4.79 Å². The predicted molar refractivity (Wildman–Crippen MR) is 145 cm³/mol. The van der Waals surface area contributed by atoms with Crippen LogP contribution in [0.3, 0.4) is 0 Å². The van der Waals surface area contributed by atoms with E-state index in [0.29, 0.717) is 10.6 Å². The second kappa shape index (κ2) is 13.9. The fraction of sp³-hybridized carbons (Fsp3) is 0.222. The zero-order valence-corrected chi connectivity index (χ0v) is 21.8. The molecule has 0 aliphatic carbocycles. The zero-order chi connectivity index (χ0) is 28.4. The monoisotopic (exact) mass is 555 g/mol. The molecule has 1 fully saturated rings. The van der Waals surface area contributed by atoms with Gasteiger partial charge in [-0.3, -0.25) is 15.0 Å². The van der Waals surface area contributed by atoms with Crippen LogP contribution in [0.4, 0.5) is 15.9 Å². The molecule has 12 heteroatoms. The van der Waals surface area contributed by atoms with Crippen molar-refractivity contribution in [2.24, 2.45) is 0 Å². The molecule has 0 radical (unpaired) electrons. The van der Waals surface area contributed by atoms with Gasteiger partial charge in [0.25, 0.3) is 11.8 Å². The number of hydrogen-bond donors (Lipinski definition) is 4. The highest BCUT2D eigenvalue weighted by Crippen LogP contribution is 2.25. The van der Waals surface area contributed by atoms with Gasteiger partial charge in [-0.2, -0.15) is 0 Å². The summed E-state index contributed by atoms with van der Waals surface area (Å²) in [5.41, 5.74) is 0.455. The Bertz CT molecular complexity index is 1350. The molecule has 204 valence electrons. The summed E-state index contributed by atoms with van der Waals surface area (Å²) in [7, 11) is 0. The van der Waals surface area contributed by atoms with Crippen LogP contribution < -0.4 is 15.4 Å². The summed E-state index contributed by atoms with van der Waals surface area (Å²) in [5, 5.41) is 21.0. The quantitative estimate of drug-likeness (QED) is 0.230. The molecule has 2 aromatic carbocycles. The molecule has 0 spiro atoms. The van der Waals surface area contributed by atoms with Gasteiger partial charge in [0.2, 0.25) is 0 Å². The number of amides is 2. The van der Waals surface area contributed by atoms with E-state index in [-0.39, 0.29) is 28.4 Å². The minimum Gasteiger partial charge on any atom is -0.482 e. The molecule has 0 unspecified atom stereocenters. The van der Waals surface area contributed by atoms with Gasteiger partial charge in [-0.1, -0.05) is 17.7 Å². The van der Waals surface area contributed by atoms with Crippen LogP contribution in [-0.4, -0.2) is 58.8 Å². The van der Waals surface area contributed by atoms with Gasteiger partial charge in [0.15, 0.2) is 6.61 Å². The van der Waals surface area contributed by atoms with Crippen LogP contribution in [0.1, 0.15) is 39.1 Å². The summed E-state index contributed by atoms with van der Waals surface area (Å²) < 4.78 is 19.3. The summed E-state index contributed by atoms with van der Waals surface area (Å²) >= 11 is 5.79. The average molecular weight is 556 g/mol. The number of carbonyl (C=O) groups is 3. The van der Waals surface area contributed by atoms with Gasteiger partial charge in [0.05, 0.1) is 28.2 Å². The minimum absolute atomic E-state index is 0.0505. The van der Waals surface area contributed by atoms with Crippen molar-refractivity contribution in [1.29, 1.82) is 5.41 Å². The number of benzene rings is 2. The van der Waals surface area contributed by atoms with Crippen molar-refractivity contribution in [3.05, 3.63) is 82.3 Å². The van der Waals surface area contributed by atoms with E-state index in [2.05, 4.69) is 15.6 Å². The number of aliphatic carboxylic acids is 1. The highest BCUT2D eigenvalue weighted by molar-refractivity contribution is 6.30. The SMILES string of the molecule is Cc1ccc(C(=O)Nc2ccc(OCC(=O)O)cc2C(=O)Nc2ccc(Cl)cn2)c(F)c1.N=CN1CCCC1. The molecular formula is C27H27ClFN5O5. The minimum atomic E-state index is -1.20. The van der Waals surface area contributed by atoms with Crippen molar-refractivity contribution in [2.75, 3.05) is 30.3 Å². The van der Waals surface area contributed by atoms with Crippen molar-refractivity contribution in [1.82, 2.24) is 9.88 Å². The summed E-state index contributed by atoms with van der Waals surface area (Å²) in [6, 6.07) is 11.1. The Labute approximate surface area is 229 Å². The van der Waals surface area contributed by atoms with Crippen LogP contribution in [0.15, 0.2) is 54.7 Å². The van der Waals surface area contributed by atoms with Gasteiger partial charge in [-0.05, 0) is 67.8 Å². The number of carbonyl (C=O) groups excluding carboxylic acids is 2. The first-order chi connectivity index (χ1) is 18.7. The standard InChI is InChI=1S/C22H17ClFN3O5.C5H10N2/c1-12-2-5-15(17(24)8-12)21(30)26-18-6-4-14(32-11-20(28)29)9-16(18)22(31)27-19-7-3-13(23)10-25-19;6-5-7-3-1-2-4-7/h2-10H,11H2,1H3,(H,26,30)(H,28,29)(H,25,27,31);5-6H,1-4H2. The van der Waals surface area contributed by atoms with Crippen molar-refractivity contribution < 1.29 is 28.6 Å². The Morgan fingerprint density at radius 1 is 1.08 bits per heavy atom. The smallest absolute Gasteiger partial charge is 0.341 e. The van der Waals surface area contributed by atoms with Crippen molar-refractivity contribution >= 4 is 47.2 Å². The first kappa shape index (κ1) is 29.1. The van der Waals surface area contributed by atoms with Crippen LogP contribution in [0.5, 0.6) is 5.75 Å². The molecular weight excluding hydrogens is 529 g/mol. The van der Waals surface area contributed by atoms with E-state index in [9.17, 15) is 18.8 Å². The summed E-state index contributed by atoms with van der Waals surface area (Å²) in [5.74, 6) is -3.06. The second-order valence-corrected chi connectivity index (χ2v) is 8.95. The lowest BCUT2D eigenvalue weighted by atomic mass is 10.1. The van der Waals surface area contributed by atoms with E-state index in [1.54, 1.807) is 13.0 Å². The molecule has 0 bridgehead atoms. The van der Waals surface area contributed by atoms with Gasteiger partial charge in [-0.15, -0.1) is 0 Å². The number of anilines is 2. The molecule has 0 saturated carbocycles. The lowest BCUT2D eigenvalue weighted by molar-refractivity contribution is -0.139. The first-order valence-corrected chi connectivity index (χ1v) is 12.3. The zero-order valence-electron chi connectivity index (χ0n) is 21.0. The highest BCUT2D eigenvalue weighted by Gasteiger charge is 2.19. The van der Waals surface area contributed by atoms with Crippen LogP contribution in [0, 0.1) is 18.2 Å². The maximum Gasteiger partial charge on any atom is 0.341 e. The Balaban J connectivity index is 0.000000520. The fourth-order valence-electron chi connectivity index (χ4n) is 3.55. The van der Waals surface area contributed by atoms with Crippen molar-refractivity contribution in [2.45, 2.75) is 19.8 Å². The maximum absolute atomic E-state index is 14.2. The lowest BCUT2D eigenvalue weighted by Gasteiger charge is -2.14. The number of halogens is 2. The number of hydrogen-bond acceptors (Lipinski definition) is 6. The molecule has 1 aliphatic heterocycles. The molecule has 1 aromatic heterocycles. The third kappa shape index (κ3) is 8.78. The van der Waals surface area contributed by atoms with E-state index in [4.69, 9.17) is 26.9 Å². The van der Waals surface area contributed by atoms with Gasteiger partial charge in [0.1, 0.15) is 17.4 Å². The van der Waals surface area contributed by atoms with Crippen molar-refractivity contribution in [3.63, 3.8) is 0 Å². The van der Waals surface area contributed by atoms with E-state index in [1.165, 1.54) is 67.8 Å². The normalized spacial score (nSPS) is 12.1. The van der Waals surface area contributed by atoms with Crippen LogP contribution in [0.25, 0.3) is 0 Å². The number of aryl methyl sites for hydroxylation is 1. The lowest BCUT2D eigenvalue weighted by Crippen LogP contribution is -2.20. The summed E-state index contributed by atoms with van der Waals surface area (Å²) in [6.07, 6.45) is 5.31. The summed E-state index contributed by atoms with van der Waals surface area (Å²) in [6.45, 7) is 3.26.